The van der Waals surface area contributed by atoms with Crippen LogP contribution in [0.4, 0.5) is 0 Å². The molecule has 130 valence electrons. The first kappa shape index (κ1) is 17.4. The van der Waals surface area contributed by atoms with Crippen LogP contribution < -0.4 is 4.74 Å². The third-order valence-electron chi connectivity index (χ3n) is 5.13. The Morgan fingerprint density at radius 1 is 1.08 bits per heavy atom. The highest BCUT2D eigenvalue weighted by molar-refractivity contribution is 5.97. The van der Waals surface area contributed by atoms with E-state index in [1.165, 1.54) is 0 Å². The molecule has 0 N–H and O–H groups in total. The number of hydrogen-bond acceptors (Lipinski definition) is 3. The van der Waals surface area contributed by atoms with Gasteiger partial charge in [-0.15, -0.1) is 0 Å². The normalized spacial score (nSPS) is 18.6. The summed E-state index contributed by atoms with van der Waals surface area (Å²) < 4.78 is 5.52. The number of methoxy groups -OCH3 is 1. The first-order chi connectivity index (χ1) is 12.2. The SMILES string of the molecule is COc1ccccc1[C@@H](CC(=O)c1ccccc1)[C@@H]1CCCCC1=O. The van der Waals surface area contributed by atoms with Crippen LogP contribution in [0, 0.1) is 5.92 Å². The molecular formula is C22H24O3. The van der Waals surface area contributed by atoms with Gasteiger partial charge in [0.2, 0.25) is 0 Å². The Balaban J connectivity index is 1.94. The van der Waals surface area contributed by atoms with Crippen molar-refractivity contribution in [2.45, 2.75) is 38.0 Å². The van der Waals surface area contributed by atoms with Crippen molar-refractivity contribution >= 4 is 11.6 Å². The van der Waals surface area contributed by atoms with Crippen molar-refractivity contribution in [3.05, 3.63) is 65.7 Å². The Hall–Kier alpha value is -2.42. The molecule has 3 rings (SSSR count). The summed E-state index contributed by atoms with van der Waals surface area (Å²) in [6.07, 6.45) is 3.81. The van der Waals surface area contributed by atoms with Crippen LogP contribution in [0.15, 0.2) is 54.6 Å². The van der Waals surface area contributed by atoms with Crippen LogP contribution in [-0.4, -0.2) is 18.7 Å². The summed E-state index contributed by atoms with van der Waals surface area (Å²) in [7, 11) is 1.64. The number of para-hydroxylation sites is 1. The van der Waals surface area contributed by atoms with E-state index in [9.17, 15) is 9.59 Å². The topological polar surface area (TPSA) is 43.4 Å². The minimum Gasteiger partial charge on any atom is -0.496 e. The lowest BCUT2D eigenvalue weighted by Gasteiger charge is -2.30. The molecule has 0 aromatic heterocycles. The standard InChI is InChI=1S/C22H24O3/c1-25-22-14-8-6-12-18(22)19(17-11-5-7-13-20(17)23)15-21(24)16-9-3-2-4-10-16/h2-4,6,8-10,12,14,17,19H,5,7,11,13,15H2,1H3/t17-,19-/m0/s1. The fourth-order valence-electron chi connectivity index (χ4n) is 3.82. The molecule has 0 aliphatic heterocycles. The van der Waals surface area contributed by atoms with E-state index in [0.717, 1.165) is 30.6 Å². The Labute approximate surface area is 149 Å². The molecule has 1 saturated carbocycles. The van der Waals surface area contributed by atoms with Gasteiger partial charge in [0.1, 0.15) is 11.5 Å². The van der Waals surface area contributed by atoms with Gasteiger partial charge in [-0.3, -0.25) is 9.59 Å². The van der Waals surface area contributed by atoms with Gasteiger partial charge in [-0.1, -0.05) is 55.0 Å². The second-order valence-corrected chi connectivity index (χ2v) is 6.66. The molecule has 2 aromatic rings. The maximum atomic E-state index is 12.8. The van der Waals surface area contributed by atoms with Gasteiger partial charge in [0, 0.05) is 30.2 Å². The zero-order valence-corrected chi connectivity index (χ0v) is 14.6. The predicted molar refractivity (Wildman–Crippen MR) is 98.1 cm³/mol. The van der Waals surface area contributed by atoms with E-state index in [-0.39, 0.29) is 23.4 Å². The molecule has 0 radical (unpaired) electrons. The molecular weight excluding hydrogens is 312 g/mol. The van der Waals surface area contributed by atoms with Crippen LogP contribution in [0.1, 0.15) is 53.9 Å². The highest BCUT2D eigenvalue weighted by atomic mass is 16.5. The maximum absolute atomic E-state index is 12.8. The Morgan fingerprint density at radius 2 is 1.80 bits per heavy atom. The molecule has 2 atom stereocenters. The summed E-state index contributed by atoms with van der Waals surface area (Å²) in [5, 5.41) is 0. The number of benzene rings is 2. The molecule has 25 heavy (non-hydrogen) atoms. The number of Topliss-reactive ketones (excluding diaryl/α,β-unsaturated/α-hetero) is 2. The van der Waals surface area contributed by atoms with Gasteiger partial charge in [-0.25, -0.2) is 0 Å². The van der Waals surface area contributed by atoms with Crippen molar-refractivity contribution in [1.82, 2.24) is 0 Å². The summed E-state index contributed by atoms with van der Waals surface area (Å²) >= 11 is 0. The highest BCUT2D eigenvalue weighted by Crippen LogP contribution is 2.40. The minimum absolute atomic E-state index is 0.0786. The minimum atomic E-state index is -0.128. The molecule has 1 aliphatic rings. The van der Waals surface area contributed by atoms with Crippen molar-refractivity contribution in [3.8, 4) is 5.75 Å². The van der Waals surface area contributed by atoms with E-state index in [4.69, 9.17) is 4.74 Å². The van der Waals surface area contributed by atoms with Gasteiger partial charge in [-0.2, -0.15) is 0 Å². The Bertz CT molecular complexity index is 736. The van der Waals surface area contributed by atoms with Gasteiger partial charge in [0.25, 0.3) is 0 Å². The molecule has 1 fully saturated rings. The second kappa shape index (κ2) is 8.11. The lowest BCUT2D eigenvalue weighted by Crippen LogP contribution is -2.27. The van der Waals surface area contributed by atoms with Crippen LogP contribution in [0.25, 0.3) is 0 Å². The predicted octanol–water partition coefficient (Wildman–Crippen LogP) is 4.81. The summed E-state index contributed by atoms with van der Waals surface area (Å²) in [6, 6.07) is 17.1. The fraction of sp³-hybridized carbons (Fsp3) is 0.364. The van der Waals surface area contributed by atoms with E-state index < -0.39 is 0 Å². The van der Waals surface area contributed by atoms with E-state index in [2.05, 4.69) is 0 Å². The van der Waals surface area contributed by atoms with Gasteiger partial charge in [-0.05, 0) is 24.5 Å². The second-order valence-electron chi connectivity index (χ2n) is 6.66. The molecule has 0 bridgehead atoms. The van der Waals surface area contributed by atoms with Crippen LogP contribution in [0.3, 0.4) is 0 Å². The van der Waals surface area contributed by atoms with Crippen molar-refractivity contribution < 1.29 is 14.3 Å². The van der Waals surface area contributed by atoms with Crippen molar-refractivity contribution in [1.29, 1.82) is 0 Å². The van der Waals surface area contributed by atoms with E-state index in [0.29, 0.717) is 18.4 Å². The van der Waals surface area contributed by atoms with Crippen LogP contribution in [-0.2, 0) is 4.79 Å². The van der Waals surface area contributed by atoms with E-state index in [1.54, 1.807) is 7.11 Å². The monoisotopic (exact) mass is 336 g/mol. The molecule has 2 aromatic carbocycles. The quantitative estimate of drug-likeness (QED) is 0.711. The third-order valence-corrected chi connectivity index (χ3v) is 5.13. The zero-order chi connectivity index (χ0) is 17.6. The van der Waals surface area contributed by atoms with Crippen molar-refractivity contribution in [2.75, 3.05) is 7.11 Å². The first-order valence-electron chi connectivity index (χ1n) is 8.94. The number of carbonyl (C=O) groups excluding carboxylic acids is 2. The van der Waals surface area contributed by atoms with Crippen LogP contribution in [0.5, 0.6) is 5.75 Å². The lowest BCUT2D eigenvalue weighted by molar-refractivity contribution is -0.125. The molecule has 3 nitrogen and oxygen atoms in total. The molecule has 0 unspecified atom stereocenters. The molecule has 0 spiro atoms. The van der Waals surface area contributed by atoms with Crippen molar-refractivity contribution in [2.24, 2.45) is 5.92 Å². The highest BCUT2D eigenvalue weighted by Gasteiger charge is 2.34. The summed E-state index contributed by atoms with van der Waals surface area (Å²) in [5.41, 5.74) is 1.67. The van der Waals surface area contributed by atoms with Gasteiger partial charge in [0.05, 0.1) is 7.11 Å². The lowest BCUT2D eigenvalue weighted by atomic mass is 9.73. The molecule has 0 amide bonds. The van der Waals surface area contributed by atoms with Crippen LogP contribution in [0.2, 0.25) is 0 Å². The number of hydrogen-bond donors (Lipinski definition) is 0. The fourth-order valence-corrected chi connectivity index (χ4v) is 3.82. The number of carbonyl (C=O) groups is 2. The molecule has 1 aliphatic carbocycles. The summed E-state index contributed by atoms with van der Waals surface area (Å²) in [6.45, 7) is 0. The average molecular weight is 336 g/mol. The Kier molecular flexibility index (Phi) is 5.64. The van der Waals surface area contributed by atoms with Gasteiger partial charge in [0.15, 0.2) is 5.78 Å². The first-order valence-corrected chi connectivity index (χ1v) is 8.94. The third kappa shape index (κ3) is 3.98. The summed E-state index contributed by atoms with van der Waals surface area (Å²) in [5.74, 6) is 0.888. The number of ether oxygens (including phenoxy) is 1. The Morgan fingerprint density at radius 3 is 2.52 bits per heavy atom. The smallest absolute Gasteiger partial charge is 0.163 e. The van der Waals surface area contributed by atoms with E-state index in [1.807, 2.05) is 54.6 Å². The van der Waals surface area contributed by atoms with Crippen molar-refractivity contribution in [3.63, 3.8) is 0 Å². The molecule has 0 heterocycles. The van der Waals surface area contributed by atoms with Gasteiger partial charge >= 0.3 is 0 Å². The largest absolute Gasteiger partial charge is 0.496 e. The number of ketones is 2. The zero-order valence-electron chi connectivity index (χ0n) is 14.6. The average Bonchev–Trinajstić information content (AvgIpc) is 2.67. The number of rotatable bonds is 6. The maximum Gasteiger partial charge on any atom is 0.163 e. The van der Waals surface area contributed by atoms with E-state index >= 15 is 0 Å². The van der Waals surface area contributed by atoms with Crippen LogP contribution >= 0.6 is 0 Å². The molecule has 0 saturated heterocycles. The molecule has 3 heteroatoms. The summed E-state index contributed by atoms with van der Waals surface area (Å²) in [4.78, 5) is 25.4. The van der Waals surface area contributed by atoms with Gasteiger partial charge < -0.3 is 4.74 Å².